The third-order valence-corrected chi connectivity index (χ3v) is 2.44. The molecule has 0 aromatic carbocycles. The van der Waals surface area contributed by atoms with Crippen LogP contribution in [0.1, 0.15) is 26.2 Å². The van der Waals surface area contributed by atoms with Gasteiger partial charge in [-0.3, -0.25) is 0 Å². The average Bonchev–Trinajstić information content (AvgIpc) is 2.27. The molecule has 0 aliphatic carbocycles. The number of carbonyl (C=O) groups is 1. The first-order chi connectivity index (χ1) is 7.24. The molecule has 15 heavy (non-hydrogen) atoms. The van der Waals surface area contributed by atoms with Crippen LogP contribution in [0.2, 0.25) is 0 Å². The van der Waals surface area contributed by atoms with Crippen LogP contribution in [0, 0.1) is 0 Å². The molecule has 0 unspecified atom stereocenters. The van der Waals surface area contributed by atoms with Crippen molar-refractivity contribution >= 4 is 5.97 Å². The molecule has 1 aliphatic heterocycles. The van der Waals surface area contributed by atoms with Crippen molar-refractivity contribution in [3.8, 4) is 0 Å². The number of hydrogen-bond acceptors (Lipinski definition) is 4. The summed E-state index contributed by atoms with van der Waals surface area (Å²) in [6.45, 7) is 4.54. The van der Waals surface area contributed by atoms with Crippen LogP contribution >= 0.6 is 0 Å². The molecule has 1 saturated heterocycles. The third kappa shape index (κ3) is 4.34. The zero-order valence-electron chi connectivity index (χ0n) is 9.37. The maximum Gasteiger partial charge on any atom is 0.335 e. The average molecular weight is 212 g/mol. The monoisotopic (exact) mass is 212 g/mol. The number of nitrogens with two attached hydrogens (primary N) is 1. The maximum atomic E-state index is 11.4. The maximum absolute atomic E-state index is 11.4. The summed E-state index contributed by atoms with van der Waals surface area (Å²) in [7, 11) is 0. The molecular weight excluding hydrogens is 192 g/mol. The Morgan fingerprint density at radius 3 is 2.67 bits per heavy atom. The molecule has 86 valence electrons. The lowest BCUT2D eigenvalue weighted by Gasteiger charge is -2.25. The number of likely N-dealkylation sites (tertiary alicyclic amines) is 1. The van der Waals surface area contributed by atoms with E-state index in [2.05, 4.69) is 4.90 Å². The minimum Gasteiger partial charge on any atom is -0.461 e. The van der Waals surface area contributed by atoms with E-state index in [9.17, 15) is 4.79 Å². The minimum atomic E-state index is -0.258. The standard InChI is InChI=1S/C11H20N2O2/c1-10(11(14)15-8-5-12)9-13-6-3-2-4-7-13/h9H,2-8,12H2,1H3. The predicted molar refractivity (Wildman–Crippen MR) is 59.2 cm³/mol. The molecular formula is C11H20N2O2. The van der Waals surface area contributed by atoms with Gasteiger partial charge in [0.25, 0.3) is 0 Å². The summed E-state index contributed by atoms with van der Waals surface area (Å²) in [4.78, 5) is 13.6. The molecule has 0 radical (unpaired) electrons. The first-order valence-electron chi connectivity index (χ1n) is 5.53. The summed E-state index contributed by atoms with van der Waals surface area (Å²) in [5.41, 5.74) is 5.91. The lowest BCUT2D eigenvalue weighted by atomic mass is 10.1. The second-order valence-electron chi connectivity index (χ2n) is 3.83. The number of carbonyl (C=O) groups excluding carboxylic acids is 1. The molecule has 0 bridgehead atoms. The fourth-order valence-corrected chi connectivity index (χ4v) is 1.64. The highest BCUT2D eigenvalue weighted by atomic mass is 16.5. The number of hydrogen-bond donors (Lipinski definition) is 1. The van der Waals surface area contributed by atoms with Crippen LogP contribution in [0.15, 0.2) is 11.8 Å². The lowest BCUT2D eigenvalue weighted by Crippen LogP contribution is -2.25. The molecule has 1 heterocycles. The largest absolute Gasteiger partial charge is 0.461 e. The molecule has 4 nitrogen and oxygen atoms in total. The first kappa shape index (κ1) is 12.0. The molecule has 0 atom stereocenters. The summed E-state index contributed by atoms with van der Waals surface area (Å²) in [5, 5.41) is 0. The van der Waals surface area contributed by atoms with Crippen molar-refractivity contribution in [2.24, 2.45) is 5.73 Å². The van der Waals surface area contributed by atoms with Crippen molar-refractivity contribution in [1.29, 1.82) is 0 Å². The number of esters is 1. The normalized spacial score (nSPS) is 17.7. The summed E-state index contributed by atoms with van der Waals surface area (Å²) in [6, 6.07) is 0. The summed E-state index contributed by atoms with van der Waals surface area (Å²) in [6.07, 6.45) is 5.61. The molecule has 0 aromatic rings. The van der Waals surface area contributed by atoms with Gasteiger partial charge in [0.1, 0.15) is 6.61 Å². The van der Waals surface area contributed by atoms with Gasteiger partial charge in [-0.25, -0.2) is 4.79 Å². The van der Waals surface area contributed by atoms with E-state index in [4.69, 9.17) is 10.5 Å². The van der Waals surface area contributed by atoms with E-state index in [1.165, 1.54) is 19.3 Å². The Kier molecular flexibility index (Phi) is 5.18. The number of nitrogens with zero attached hydrogens (tertiary/aromatic N) is 1. The Morgan fingerprint density at radius 1 is 1.40 bits per heavy atom. The van der Waals surface area contributed by atoms with Crippen LogP contribution in [-0.4, -0.2) is 37.1 Å². The SMILES string of the molecule is CC(=CN1CCCCC1)C(=O)OCCN. The van der Waals surface area contributed by atoms with Gasteiger partial charge in [-0.15, -0.1) is 0 Å². The van der Waals surface area contributed by atoms with E-state index in [0.717, 1.165) is 13.1 Å². The van der Waals surface area contributed by atoms with Crippen LogP contribution in [0.5, 0.6) is 0 Å². The van der Waals surface area contributed by atoms with Crippen molar-refractivity contribution in [3.05, 3.63) is 11.8 Å². The Morgan fingerprint density at radius 2 is 2.07 bits per heavy atom. The molecule has 0 saturated carbocycles. The second-order valence-corrected chi connectivity index (χ2v) is 3.83. The van der Waals surface area contributed by atoms with Crippen LogP contribution in [0.4, 0.5) is 0 Å². The zero-order chi connectivity index (χ0) is 11.1. The predicted octanol–water partition coefficient (Wildman–Crippen LogP) is 0.878. The first-order valence-corrected chi connectivity index (χ1v) is 5.53. The van der Waals surface area contributed by atoms with Crippen LogP contribution in [-0.2, 0) is 9.53 Å². The molecule has 1 rings (SSSR count). The lowest BCUT2D eigenvalue weighted by molar-refractivity contribution is -0.138. The molecule has 2 N–H and O–H groups in total. The molecule has 4 heteroatoms. The van der Waals surface area contributed by atoms with Gasteiger partial charge in [0.05, 0.1) is 0 Å². The fraction of sp³-hybridized carbons (Fsp3) is 0.727. The van der Waals surface area contributed by atoms with Crippen LogP contribution in [0.3, 0.4) is 0 Å². The number of rotatable bonds is 4. The Labute approximate surface area is 91.1 Å². The van der Waals surface area contributed by atoms with Gasteiger partial charge in [-0.05, 0) is 26.2 Å². The smallest absolute Gasteiger partial charge is 0.335 e. The topological polar surface area (TPSA) is 55.6 Å². The van der Waals surface area contributed by atoms with E-state index >= 15 is 0 Å². The van der Waals surface area contributed by atoms with Gasteiger partial charge in [0.15, 0.2) is 0 Å². The van der Waals surface area contributed by atoms with Gasteiger partial charge in [0, 0.05) is 31.4 Å². The summed E-state index contributed by atoms with van der Waals surface area (Å²) < 4.78 is 4.94. The van der Waals surface area contributed by atoms with E-state index in [-0.39, 0.29) is 5.97 Å². The highest BCUT2D eigenvalue weighted by Crippen LogP contribution is 2.10. The van der Waals surface area contributed by atoms with Crippen molar-refractivity contribution in [3.63, 3.8) is 0 Å². The molecule has 0 aromatic heterocycles. The molecule has 1 fully saturated rings. The van der Waals surface area contributed by atoms with Crippen molar-refractivity contribution < 1.29 is 9.53 Å². The quantitative estimate of drug-likeness (QED) is 0.555. The van der Waals surface area contributed by atoms with Gasteiger partial charge in [0.2, 0.25) is 0 Å². The molecule has 0 amide bonds. The van der Waals surface area contributed by atoms with Crippen LogP contribution in [0.25, 0.3) is 0 Å². The third-order valence-electron chi connectivity index (χ3n) is 2.44. The van der Waals surface area contributed by atoms with Gasteiger partial charge in [-0.2, -0.15) is 0 Å². The molecule has 0 spiro atoms. The highest BCUT2D eigenvalue weighted by Gasteiger charge is 2.10. The van der Waals surface area contributed by atoms with Crippen LogP contribution < -0.4 is 5.73 Å². The van der Waals surface area contributed by atoms with E-state index in [0.29, 0.717) is 18.7 Å². The molecule has 1 aliphatic rings. The summed E-state index contributed by atoms with van der Waals surface area (Å²) >= 11 is 0. The van der Waals surface area contributed by atoms with Crippen molar-refractivity contribution in [2.45, 2.75) is 26.2 Å². The Balaban J connectivity index is 2.39. The Hall–Kier alpha value is -1.03. The minimum absolute atomic E-state index is 0.258. The van der Waals surface area contributed by atoms with Gasteiger partial charge in [-0.1, -0.05) is 0 Å². The zero-order valence-corrected chi connectivity index (χ0v) is 9.37. The summed E-state index contributed by atoms with van der Waals surface area (Å²) in [5.74, 6) is -0.258. The second kappa shape index (κ2) is 6.45. The van der Waals surface area contributed by atoms with E-state index in [1.807, 2.05) is 6.20 Å². The van der Waals surface area contributed by atoms with Gasteiger partial charge < -0.3 is 15.4 Å². The van der Waals surface area contributed by atoms with Crippen molar-refractivity contribution in [2.75, 3.05) is 26.2 Å². The van der Waals surface area contributed by atoms with E-state index < -0.39 is 0 Å². The highest BCUT2D eigenvalue weighted by molar-refractivity contribution is 5.87. The number of ether oxygens (including phenoxy) is 1. The Bertz CT molecular complexity index is 233. The van der Waals surface area contributed by atoms with Gasteiger partial charge >= 0.3 is 5.97 Å². The fourth-order valence-electron chi connectivity index (χ4n) is 1.64. The van der Waals surface area contributed by atoms with Crippen molar-refractivity contribution in [1.82, 2.24) is 4.90 Å². The number of piperidine rings is 1. The van der Waals surface area contributed by atoms with E-state index in [1.54, 1.807) is 6.92 Å².